The quantitative estimate of drug-likeness (QED) is 0.861. The zero-order valence-electron chi connectivity index (χ0n) is 13.8. The Bertz CT molecular complexity index is 711. The molecule has 2 unspecified atom stereocenters. The topological polar surface area (TPSA) is 60.2 Å². The predicted molar refractivity (Wildman–Crippen MR) is 88.2 cm³/mol. The number of aryl methyl sites for hydroxylation is 1. The number of amides is 1. The zero-order chi connectivity index (χ0) is 16.5. The third-order valence-corrected chi connectivity index (χ3v) is 4.93. The first-order valence-electron chi connectivity index (χ1n) is 8.53. The molecule has 1 aliphatic carbocycles. The van der Waals surface area contributed by atoms with Crippen LogP contribution in [0, 0.1) is 5.92 Å². The molecule has 2 heterocycles. The van der Waals surface area contributed by atoms with Crippen molar-refractivity contribution in [2.75, 3.05) is 19.7 Å². The lowest BCUT2D eigenvalue weighted by atomic mass is 9.92. The van der Waals surface area contributed by atoms with E-state index in [-0.39, 0.29) is 17.9 Å². The molecule has 6 nitrogen and oxygen atoms in total. The molecule has 2 aromatic rings. The molecule has 2 atom stereocenters. The van der Waals surface area contributed by atoms with E-state index in [1.54, 1.807) is 6.33 Å². The zero-order valence-corrected chi connectivity index (χ0v) is 13.8. The Morgan fingerprint density at radius 2 is 2.08 bits per heavy atom. The Hall–Kier alpha value is -2.21. The molecule has 1 aliphatic heterocycles. The van der Waals surface area contributed by atoms with Gasteiger partial charge in [0.1, 0.15) is 12.4 Å². The summed E-state index contributed by atoms with van der Waals surface area (Å²) in [6.45, 7) is 1.72. The fourth-order valence-electron chi connectivity index (χ4n) is 3.49. The summed E-state index contributed by atoms with van der Waals surface area (Å²) in [7, 11) is 1.90. The van der Waals surface area contributed by atoms with Crippen molar-refractivity contribution in [3.8, 4) is 0 Å². The summed E-state index contributed by atoms with van der Waals surface area (Å²) in [5.41, 5.74) is 1.13. The smallest absolute Gasteiger partial charge is 0.230 e. The van der Waals surface area contributed by atoms with Crippen LogP contribution in [-0.2, 0) is 16.6 Å². The second-order valence-corrected chi connectivity index (χ2v) is 6.67. The van der Waals surface area contributed by atoms with Crippen molar-refractivity contribution in [3.63, 3.8) is 0 Å². The average Bonchev–Trinajstić information content (AvgIpc) is 3.36. The van der Waals surface area contributed by atoms with Gasteiger partial charge in [0.05, 0.1) is 19.1 Å². The van der Waals surface area contributed by atoms with Gasteiger partial charge in [-0.2, -0.15) is 0 Å². The minimum atomic E-state index is -0.203. The number of aromatic nitrogens is 3. The number of nitrogens with zero attached hydrogens (tertiary/aromatic N) is 4. The highest BCUT2D eigenvalue weighted by Gasteiger charge is 2.40. The van der Waals surface area contributed by atoms with Gasteiger partial charge >= 0.3 is 0 Å². The Labute approximate surface area is 141 Å². The number of rotatable bonds is 4. The van der Waals surface area contributed by atoms with Crippen LogP contribution in [0.1, 0.15) is 36.3 Å². The van der Waals surface area contributed by atoms with E-state index in [1.807, 2.05) is 34.7 Å². The number of hydrogen-bond acceptors (Lipinski definition) is 4. The largest absolute Gasteiger partial charge is 0.366 e. The molecule has 1 aromatic carbocycles. The first-order chi connectivity index (χ1) is 11.7. The normalized spacial score (nSPS) is 22.4. The molecule has 1 aromatic heterocycles. The fraction of sp³-hybridized carbons (Fsp3) is 0.500. The van der Waals surface area contributed by atoms with Crippen molar-refractivity contribution < 1.29 is 9.53 Å². The summed E-state index contributed by atoms with van der Waals surface area (Å²) in [5.74, 6) is 1.45. The van der Waals surface area contributed by atoms with Gasteiger partial charge in [-0.25, -0.2) is 0 Å². The number of morpholine rings is 1. The van der Waals surface area contributed by atoms with Crippen LogP contribution in [0.4, 0.5) is 0 Å². The number of ether oxygens (including phenoxy) is 1. The number of carbonyl (C=O) groups excluding carboxylic acids is 1. The van der Waals surface area contributed by atoms with Crippen LogP contribution in [0.15, 0.2) is 36.7 Å². The van der Waals surface area contributed by atoms with Crippen LogP contribution < -0.4 is 0 Å². The molecule has 6 heteroatoms. The lowest BCUT2D eigenvalue weighted by molar-refractivity contribution is -0.141. The van der Waals surface area contributed by atoms with Crippen molar-refractivity contribution in [3.05, 3.63) is 48.0 Å². The SMILES string of the molecule is Cn1cnnc1C1CN(C(=O)C(c2ccccc2)C2CC2)CCO1. The molecule has 1 saturated carbocycles. The van der Waals surface area contributed by atoms with Gasteiger partial charge in [0.25, 0.3) is 0 Å². The van der Waals surface area contributed by atoms with Crippen LogP contribution >= 0.6 is 0 Å². The van der Waals surface area contributed by atoms with Gasteiger partial charge in [-0.05, 0) is 24.3 Å². The van der Waals surface area contributed by atoms with Gasteiger partial charge in [-0.3, -0.25) is 4.79 Å². The van der Waals surface area contributed by atoms with E-state index in [2.05, 4.69) is 22.3 Å². The lowest BCUT2D eigenvalue weighted by Crippen LogP contribution is -2.45. The molecule has 24 heavy (non-hydrogen) atoms. The highest BCUT2D eigenvalue weighted by molar-refractivity contribution is 5.84. The van der Waals surface area contributed by atoms with E-state index in [0.29, 0.717) is 25.6 Å². The molecular formula is C18H22N4O2. The Kier molecular flexibility index (Phi) is 4.06. The van der Waals surface area contributed by atoms with Gasteiger partial charge in [0.2, 0.25) is 5.91 Å². The molecule has 2 fully saturated rings. The van der Waals surface area contributed by atoms with Gasteiger partial charge in [-0.15, -0.1) is 10.2 Å². The highest BCUT2D eigenvalue weighted by atomic mass is 16.5. The van der Waals surface area contributed by atoms with E-state index >= 15 is 0 Å². The Balaban J connectivity index is 1.53. The van der Waals surface area contributed by atoms with E-state index in [4.69, 9.17) is 4.74 Å². The first-order valence-corrected chi connectivity index (χ1v) is 8.53. The van der Waals surface area contributed by atoms with E-state index in [9.17, 15) is 4.79 Å². The van der Waals surface area contributed by atoms with Crippen molar-refractivity contribution >= 4 is 5.91 Å². The van der Waals surface area contributed by atoms with E-state index < -0.39 is 0 Å². The third kappa shape index (κ3) is 2.94. The summed E-state index contributed by atoms with van der Waals surface area (Å²) in [6.07, 6.45) is 3.74. The van der Waals surface area contributed by atoms with Crippen molar-refractivity contribution in [1.82, 2.24) is 19.7 Å². The van der Waals surface area contributed by atoms with E-state index in [1.165, 1.54) is 0 Å². The predicted octanol–water partition coefficient (Wildman–Crippen LogP) is 1.91. The third-order valence-electron chi connectivity index (χ3n) is 4.93. The molecule has 0 spiro atoms. The molecule has 2 aliphatic rings. The van der Waals surface area contributed by atoms with Crippen LogP contribution in [0.5, 0.6) is 0 Å². The Morgan fingerprint density at radius 1 is 1.29 bits per heavy atom. The molecule has 0 N–H and O–H groups in total. The van der Waals surface area contributed by atoms with Gasteiger partial charge in [0, 0.05) is 13.6 Å². The van der Waals surface area contributed by atoms with Gasteiger partial charge in [0.15, 0.2) is 5.82 Å². The average molecular weight is 326 g/mol. The molecule has 0 radical (unpaired) electrons. The summed E-state index contributed by atoms with van der Waals surface area (Å²) >= 11 is 0. The maximum Gasteiger partial charge on any atom is 0.230 e. The summed E-state index contributed by atoms with van der Waals surface area (Å²) in [6, 6.07) is 10.2. The molecule has 126 valence electrons. The van der Waals surface area contributed by atoms with Crippen LogP contribution in [0.3, 0.4) is 0 Å². The van der Waals surface area contributed by atoms with Crippen LogP contribution in [0.2, 0.25) is 0 Å². The molecule has 4 rings (SSSR count). The lowest BCUT2D eigenvalue weighted by Gasteiger charge is -2.34. The van der Waals surface area contributed by atoms with Crippen molar-refractivity contribution in [2.45, 2.75) is 24.9 Å². The van der Waals surface area contributed by atoms with E-state index in [0.717, 1.165) is 24.2 Å². The Morgan fingerprint density at radius 3 is 2.75 bits per heavy atom. The summed E-state index contributed by atoms with van der Waals surface area (Å²) in [4.78, 5) is 15.2. The number of hydrogen-bond donors (Lipinski definition) is 0. The standard InChI is InChI=1S/C18H22N4O2/c1-21-12-19-20-17(21)15-11-22(9-10-24-15)18(23)16(14-7-8-14)13-5-3-2-4-6-13/h2-6,12,14-16H,7-11H2,1H3. The number of carbonyl (C=O) groups is 1. The van der Waals surface area contributed by atoms with Crippen LogP contribution in [0.25, 0.3) is 0 Å². The summed E-state index contributed by atoms with van der Waals surface area (Å²) in [5, 5.41) is 8.05. The van der Waals surface area contributed by atoms with Gasteiger partial charge < -0.3 is 14.2 Å². The minimum Gasteiger partial charge on any atom is -0.366 e. The van der Waals surface area contributed by atoms with Crippen LogP contribution in [-0.4, -0.2) is 45.3 Å². The minimum absolute atomic E-state index is 0.0237. The van der Waals surface area contributed by atoms with Gasteiger partial charge in [-0.1, -0.05) is 30.3 Å². The monoisotopic (exact) mass is 326 g/mol. The maximum atomic E-state index is 13.2. The van der Waals surface area contributed by atoms with Crippen molar-refractivity contribution in [2.24, 2.45) is 13.0 Å². The summed E-state index contributed by atoms with van der Waals surface area (Å²) < 4.78 is 7.68. The second kappa shape index (κ2) is 6.36. The van der Waals surface area contributed by atoms with Crippen molar-refractivity contribution in [1.29, 1.82) is 0 Å². The molecule has 1 saturated heterocycles. The maximum absolute atomic E-state index is 13.2. The second-order valence-electron chi connectivity index (χ2n) is 6.67. The highest BCUT2D eigenvalue weighted by Crippen LogP contribution is 2.44. The molecule has 0 bridgehead atoms. The first kappa shape index (κ1) is 15.3. The molecular weight excluding hydrogens is 304 g/mol. The molecule has 1 amide bonds. The fourth-order valence-corrected chi connectivity index (χ4v) is 3.49. The number of benzene rings is 1.